The molecule has 0 aromatic rings. The van der Waals surface area contributed by atoms with Crippen LogP contribution in [0.3, 0.4) is 0 Å². The summed E-state index contributed by atoms with van der Waals surface area (Å²) in [6, 6.07) is 0.220. The Morgan fingerprint density at radius 2 is 1.12 bits per heavy atom. The fourth-order valence-electron chi connectivity index (χ4n) is 8.98. The Kier molecular flexibility index (Phi) is 7.31. The van der Waals surface area contributed by atoms with Gasteiger partial charge < -0.3 is 20.1 Å². The first-order valence-corrected chi connectivity index (χ1v) is 15.8. The maximum Gasteiger partial charge on any atom is 0.407 e. The maximum absolute atomic E-state index is 13.9. The largest absolute Gasteiger partial charge is 0.449 e. The lowest BCUT2D eigenvalue weighted by Crippen LogP contribution is -2.42. The summed E-state index contributed by atoms with van der Waals surface area (Å²) in [5.74, 6) is 4.02. The van der Waals surface area contributed by atoms with Crippen LogP contribution in [0.2, 0.25) is 0 Å². The van der Waals surface area contributed by atoms with Crippen LogP contribution in [0.15, 0.2) is 24.3 Å². The third-order valence-corrected chi connectivity index (χ3v) is 11.7. The van der Waals surface area contributed by atoms with Crippen LogP contribution < -0.4 is 10.6 Å². The van der Waals surface area contributed by atoms with E-state index < -0.39 is 0 Å². The molecule has 0 aromatic carbocycles. The molecule has 6 aliphatic carbocycles. The minimum absolute atomic E-state index is 0.110. The number of allylic oxidation sites excluding steroid dienone is 4. The zero-order valence-electron chi connectivity index (χ0n) is 24.7. The molecule has 0 saturated heterocycles. The second-order valence-corrected chi connectivity index (χ2v) is 14.8. The van der Waals surface area contributed by atoms with E-state index in [0.29, 0.717) is 48.3 Å². The monoisotopic (exact) mass is 552 g/mol. The van der Waals surface area contributed by atoms with E-state index in [0.717, 1.165) is 38.5 Å². The van der Waals surface area contributed by atoms with Crippen molar-refractivity contribution >= 4 is 18.0 Å². The Labute approximate surface area is 239 Å². The first kappa shape index (κ1) is 27.8. The number of ketones is 1. The minimum atomic E-state index is -0.367. The van der Waals surface area contributed by atoms with Gasteiger partial charge in [-0.15, -0.1) is 0 Å². The minimum Gasteiger partial charge on any atom is -0.449 e. The second kappa shape index (κ2) is 10.5. The number of alkyl carbamates (subject to hydrolysis) is 2. The van der Waals surface area contributed by atoms with E-state index in [-0.39, 0.29) is 65.9 Å². The molecule has 220 valence electrons. The SMILES string of the molecule is CC1CC1C(C)NC(=O)OCC1(CC(=O)CC2(COC(=O)NC(C)C3CC3C)CC3C=CC2C3)CC2C=CC1C2. The standard InChI is InChI=1S/C33H48N2O5/c1-19-9-28(19)21(3)34-30(37)39-17-32(13-23-5-7-25(32)11-23)15-27(36)16-33(14-24-6-8-26(33)12-24)18-40-31(38)35-22(4)29-10-20(29)2/h5-8,19-26,28-29H,9-18H2,1-4H3,(H,34,37)(H,35,38). The Hall–Kier alpha value is -2.31. The topological polar surface area (TPSA) is 93.7 Å². The summed E-state index contributed by atoms with van der Waals surface area (Å²) in [6.07, 6.45) is 15.2. The number of nitrogens with one attached hydrogen (secondary N) is 2. The molecule has 0 aliphatic heterocycles. The number of carbonyl (C=O) groups is 3. The highest BCUT2D eigenvalue weighted by Crippen LogP contribution is 2.57. The lowest BCUT2D eigenvalue weighted by molar-refractivity contribution is -0.126. The molecule has 6 aliphatic rings. The van der Waals surface area contributed by atoms with Crippen molar-refractivity contribution in [2.24, 2.45) is 58.2 Å². The number of carbonyl (C=O) groups excluding carboxylic acids is 3. The van der Waals surface area contributed by atoms with Gasteiger partial charge in [0.1, 0.15) is 5.78 Å². The average molecular weight is 553 g/mol. The van der Waals surface area contributed by atoms with Gasteiger partial charge in [0, 0.05) is 35.8 Å². The van der Waals surface area contributed by atoms with Crippen molar-refractivity contribution in [3.8, 4) is 0 Å². The number of amides is 2. The van der Waals surface area contributed by atoms with Crippen molar-refractivity contribution in [3.63, 3.8) is 0 Å². The van der Waals surface area contributed by atoms with Gasteiger partial charge in [0.25, 0.3) is 0 Å². The van der Waals surface area contributed by atoms with Gasteiger partial charge in [-0.05, 0) is 99.7 Å². The summed E-state index contributed by atoms with van der Waals surface area (Å²) in [4.78, 5) is 39.3. The molecule has 0 radical (unpaired) electrons. The van der Waals surface area contributed by atoms with Gasteiger partial charge in [-0.2, -0.15) is 0 Å². The zero-order chi connectivity index (χ0) is 28.2. The van der Waals surface area contributed by atoms with Gasteiger partial charge in [0.05, 0.1) is 13.2 Å². The van der Waals surface area contributed by atoms with E-state index >= 15 is 0 Å². The van der Waals surface area contributed by atoms with Crippen LogP contribution in [-0.4, -0.2) is 43.3 Å². The van der Waals surface area contributed by atoms with Crippen LogP contribution in [0.5, 0.6) is 0 Å². The van der Waals surface area contributed by atoms with E-state index in [1.165, 1.54) is 0 Å². The van der Waals surface area contributed by atoms with Crippen LogP contribution in [-0.2, 0) is 14.3 Å². The fraction of sp³-hybridized carbons (Fsp3) is 0.788. The smallest absolute Gasteiger partial charge is 0.407 e. The first-order valence-electron chi connectivity index (χ1n) is 15.8. The van der Waals surface area contributed by atoms with E-state index in [9.17, 15) is 14.4 Å². The van der Waals surface area contributed by atoms with Crippen LogP contribution in [0.4, 0.5) is 9.59 Å². The third-order valence-electron chi connectivity index (χ3n) is 11.7. The molecule has 4 bridgehead atoms. The van der Waals surface area contributed by atoms with Gasteiger partial charge in [-0.25, -0.2) is 9.59 Å². The predicted octanol–water partition coefficient (Wildman–Crippen LogP) is 6.04. The molecule has 12 atom stereocenters. The Morgan fingerprint density at radius 3 is 1.43 bits per heavy atom. The second-order valence-electron chi connectivity index (χ2n) is 14.8. The molecule has 2 N–H and O–H groups in total. The number of ether oxygens (including phenoxy) is 2. The molecule has 7 nitrogen and oxygen atoms in total. The van der Waals surface area contributed by atoms with E-state index in [1.54, 1.807) is 0 Å². The van der Waals surface area contributed by atoms with Crippen LogP contribution in [0, 0.1) is 58.2 Å². The van der Waals surface area contributed by atoms with Gasteiger partial charge in [-0.3, -0.25) is 4.79 Å². The number of hydrogen-bond donors (Lipinski definition) is 2. The van der Waals surface area contributed by atoms with Crippen molar-refractivity contribution < 1.29 is 23.9 Å². The number of Topliss-reactive ketones (excluding diaryl/α,β-unsaturated/α-hetero) is 1. The van der Waals surface area contributed by atoms with E-state index in [4.69, 9.17) is 9.47 Å². The summed E-state index contributed by atoms with van der Waals surface area (Å²) in [7, 11) is 0. The lowest BCUT2D eigenvalue weighted by Gasteiger charge is -2.38. The summed E-state index contributed by atoms with van der Waals surface area (Å²) in [5, 5.41) is 6.04. The van der Waals surface area contributed by atoms with Gasteiger partial charge in [0.2, 0.25) is 0 Å². The molecule has 7 heteroatoms. The zero-order valence-corrected chi connectivity index (χ0v) is 24.7. The van der Waals surface area contributed by atoms with Gasteiger partial charge in [-0.1, -0.05) is 38.2 Å². The Balaban J connectivity index is 1.07. The molecule has 4 fully saturated rings. The highest BCUT2D eigenvalue weighted by atomic mass is 16.6. The molecular formula is C33H48N2O5. The predicted molar refractivity (Wildman–Crippen MR) is 152 cm³/mol. The van der Waals surface area contributed by atoms with Gasteiger partial charge >= 0.3 is 12.2 Å². The molecule has 2 amide bonds. The summed E-state index contributed by atoms with van der Waals surface area (Å²) in [6.45, 7) is 9.07. The fourth-order valence-corrected chi connectivity index (χ4v) is 8.98. The van der Waals surface area contributed by atoms with Crippen molar-refractivity contribution in [3.05, 3.63) is 24.3 Å². The molecule has 0 aromatic heterocycles. The molecule has 40 heavy (non-hydrogen) atoms. The normalized spacial score (nSPS) is 42.9. The molecule has 6 rings (SSSR count). The Bertz CT molecular complexity index is 1000. The number of fused-ring (bicyclic) bond motifs is 4. The molecule has 12 unspecified atom stereocenters. The highest BCUT2D eigenvalue weighted by Gasteiger charge is 2.54. The third kappa shape index (κ3) is 5.59. The van der Waals surface area contributed by atoms with Crippen LogP contribution >= 0.6 is 0 Å². The number of rotatable bonds is 12. The van der Waals surface area contributed by atoms with Crippen molar-refractivity contribution in [1.82, 2.24) is 10.6 Å². The molecular weight excluding hydrogens is 504 g/mol. The summed E-state index contributed by atoms with van der Waals surface area (Å²) >= 11 is 0. The average Bonchev–Trinajstić information content (AvgIpc) is 3.51. The molecule has 0 heterocycles. The maximum atomic E-state index is 13.9. The lowest BCUT2D eigenvalue weighted by atomic mass is 9.68. The Morgan fingerprint density at radius 1 is 0.725 bits per heavy atom. The molecule has 4 saturated carbocycles. The van der Waals surface area contributed by atoms with Crippen molar-refractivity contribution in [1.29, 1.82) is 0 Å². The first-order chi connectivity index (χ1) is 19.1. The molecule has 0 spiro atoms. The van der Waals surface area contributed by atoms with Crippen molar-refractivity contribution in [2.45, 2.75) is 91.1 Å². The van der Waals surface area contributed by atoms with E-state index in [1.807, 2.05) is 13.8 Å². The van der Waals surface area contributed by atoms with E-state index in [2.05, 4.69) is 48.8 Å². The summed E-state index contributed by atoms with van der Waals surface area (Å²) < 4.78 is 11.7. The number of hydrogen-bond acceptors (Lipinski definition) is 5. The highest BCUT2D eigenvalue weighted by molar-refractivity contribution is 5.80. The van der Waals surface area contributed by atoms with Crippen molar-refractivity contribution in [2.75, 3.05) is 13.2 Å². The quantitative estimate of drug-likeness (QED) is 0.288. The van der Waals surface area contributed by atoms with Gasteiger partial charge in [0.15, 0.2) is 0 Å². The van der Waals surface area contributed by atoms with Crippen LogP contribution in [0.1, 0.15) is 79.1 Å². The van der Waals surface area contributed by atoms with Crippen LogP contribution in [0.25, 0.3) is 0 Å². The summed E-state index contributed by atoms with van der Waals surface area (Å²) in [5.41, 5.74) is -0.680.